The highest BCUT2D eigenvalue weighted by Gasteiger charge is 2.19. The second-order valence-electron chi connectivity index (χ2n) is 3.48. The lowest BCUT2D eigenvalue weighted by molar-refractivity contribution is 0.0649. The van der Waals surface area contributed by atoms with Crippen LogP contribution in [0.15, 0.2) is 16.5 Å². The van der Waals surface area contributed by atoms with Gasteiger partial charge in [-0.25, -0.2) is 4.79 Å². The summed E-state index contributed by atoms with van der Waals surface area (Å²) >= 11 is 0. The minimum absolute atomic E-state index is 0.0379. The third-order valence-corrected chi connectivity index (χ3v) is 2.12. The SMILES string of the molecule is CC(C)N(C)C(=O)c1ccc(C(=O)O)o1. The number of carbonyl (C=O) groups excluding carboxylic acids is 1. The third-order valence-electron chi connectivity index (χ3n) is 2.12. The first-order valence-corrected chi connectivity index (χ1v) is 4.53. The van der Waals surface area contributed by atoms with Gasteiger partial charge in [-0.15, -0.1) is 0 Å². The van der Waals surface area contributed by atoms with E-state index in [-0.39, 0.29) is 23.5 Å². The summed E-state index contributed by atoms with van der Waals surface area (Å²) in [4.78, 5) is 23.7. The van der Waals surface area contributed by atoms with E-state index in [1.807, 2.05) is 13.8 Å². The average Bonchev–Trinajstić information content (AvgIpc) is 2.64. The van der Waals surface area contributed by atoms with E-state index in [9.17, 15) is 9.59 Å². The predicted molar refractivity (Wildman–Crippen MR) is 52.9 cm³/mol. The maximum Gasteiger partial charge on any atom is 0.371 e. The van der Waals surface area contributed by atoms with Gasteiger partial charge in [0, 0.05) is 13.1 Å². The molecule has 0 radical (unpaired) electrons. The summed E-state index contributed by atoms with van der Waals surface area (Å²) in [6.45, 7) is 3.72. The molecule has 1 heterocycles. The van der Waals surface area contributed by atoms with Gasteiger partial charge in [0.05, 0.1) is 0 Å². The number of aromatic carboxylic acids is 1. The Hall–Kier alpha value is -1.78. The van der Waals surface area contributed by atoms with Crippen LogP contribution in [0.4, 0.5) is 0 Å². The van der Waals surface area contributed by atoms with Gasteiger partial charge in [-0.1, -0.05) is 0 Å². The summed E-state index contributed by atoms with van der Waals surface area (Å²) in [5, 5.41) is 8.61. The molecular formula is C10H13NO4. The van der Waals surface area contributed by atoms with Crippen molar-refractivity contribution in [1.82, 2.24) is 4.90 Å². The minimum atomic E-state index is -1.18. The monoisotopic (exact) mass is 211 g/mol. The van der Waals surface area contributed by atoms with Crippen LogP contribution in [-0.4, -0.2) is 35.0 Å². The first-order chi connectivity index (χ1) is 6.93. The van der Waals surface area contributed by atoms with Crippen molar-refractivity contribution in [2.24, 2.45) is 0 Å². The van der Waals surface area contributed by atoms with Crippen molar-refractivity contribution in [2.45, 2.75) is 19.9 Å². The molecule has 1 aromatic rings. The molecule has 0 aliphatic heterocycles. The molecule has 1 amide bonds. The summed E-state index contributed by atoms with van der Waals surface area (Å²) in [5.74, 6) is -1.68. The van der Waals surface area contributed by atoms with Crippen molar-refractivity contribution in [3.8, 4) is 0 Å². The molecule has 1 rings (SSSR count). The van der Waals surface area contributed by atoms with Crippen LogP contribution in [0.1, 0.15) is 35.0 Å². The average molecular weight is 211 g/mol. The van der Waals surface area contributed by atoms with Crippen LogP contribution in [0.3, 0.4) is 0 Å². The van der Waals surface area contributed by atoms with Gasteiger partial charge in [0.25, 0.3) is 5.91 Å². The number of carbonyl (C=O) groups is 2. The molecule has 82 valence electrons. The normalized spacial score (nSPS) is 10.4. The summed E-state index contributed by atoms with van der Waals surface area (Å²) in [6, 6.07) is 2.67. The molecule has 0 saturated carbocycles. The Kier molecular flexibility index (Phi) is 3.14. The number of carboxylic acids is 1. The third kappa shape index (κ3) is 2.37. The van der Waals surface area contributed by atoms with E-state index in [1.165, 1.54) is 17.0 Å². The Labute approximate surface area is 87.3 Å². The van der Waals surface area contributed by atoms with Gasteiger partial charge < -0.3 is 14.4 Å². The zero-order valence-corrected chi connectivity index (χ0v) is 8.85. The number of rotatable bonds is 3. The zero-order chi connectivity index (χ0) is 11.6. The van der Waals surface area contributed by atoms with Gasteiger partial charge in [0.1, 0.15) is 0 Å². The Morgan fingerprint density at radius 2 is 1.87 bits per heavy atom. The molecule has 1 N–H and O–H groups in total. The van der Waals surface area contributed by atoms with E-state index in [1.54, 1.807) is 7.05 Å². The second-order valence-corrected chi connectivity index (χ2v) is 3.48. The molecule has 0 saturated heterocycles. The first-order valence-electron chi connectivity index (χ1n) is 4.53. The molecule has 0 bridgehead atoms. The number of amides is 1. The van der Waals surface area contributed by atoms with Crippen LogP contribution in [0.25, 0.3) is 0 Å². The Morgan fingerprint density at radius 1 is 1.33 bits per heavy atom. The standard InChI is InChI=1S/C10H13NO4/c1-6(2)11(3)9(12)7-4-5-8(15-7)10(13)14/h4-6H,1-3H3,(H,13,14). The quantitative estimate of drug-likeness (QED) is 0.821. The lowest BCUT2D eigenvalue weighted by atomic mass is 10.3. The van der Waals surface area contributed by atoms with E-state index in [4.69, 9.17) is 9.52 Å². The molecule has 1 aromatic heterocycles. The van der Waals surface area contributed by atoms with Gasteiger partial charge in [-0.2, -0.15) is 0 Å². The van der Waals surface area contributed by atoms with Gasteiger partial charge in [-0.05, 0) is 26.0 Å². The number of hydrogen-bond donors (Lipinski definition) is 1. The first kappa shape index (κ1) is 11.3. The number of carboxylic acid groups (broad SMARTS) is 1. The summed E-state index contributed by atoms with van der Waals surface area (Å²) < 4.78 is 4.89. The van der Waals surface area contributed by atoms with Crippen LogP contribution in [-0.2, 0) is 0 Å². The van der Waals surface area contributed by atoms with E-state index >= 15 is 0 Å². The van der Waals surface area contributed by atoms with Crippen molar-refractivity contribution in [2.75, 3.05) is 7.05 Å². The van der Waals surface area contributed by atoms with Gasteiger partial charge >= 0.3 is 5.97 Å². The number of furan rings is 1. The van der Waals surface area contributed by atoms with Crippen molar-refractivity contribution < 1.29 is 19.1 Å². The molecule has 0 aliphatic rings. The maximum absolute atomic E-state index is 11.7. The van der Waals surface area contributed by atoms with Crippen LogP contribution in [0.2, 0.25) is 0 Å². The molecule has 0 aromatic carbocycles. The van der Waals surface area contributed by atoms with E-state index < -0.39 is 5.97 Å². The highest BCUT2D eigenvalue weighted by molar-refractivity contribution is 5.93. The highest BCUT2D eigenvalue weighted by atomic mass is 16.4. The Morgan fingerprint density at radius 3 is 2.27 bits per heavy atom. The Bertz CT molecular complexity index is 381. The van der Waals surface area contributed by atoms with Crippen LogP contribution < -0.4 is 0 Å². The van der Waals surface area contributed by atoms with Gasteiger partial charge in [0.2, 0.25) is 5.76 Å². The van der Waals surface area contributed by atoms with E-state index in [0.717, 1.165) is 0 Å². The van der Waals surface area contributed by atoms with E-state index in [2.05, 4.69) is 0 Å². The molecule has 0 fully saturated rings. The maximum atomic E-state index is 11.7. The minimum Gasteiger partial charge on any atom is -0.475 e. The fourth-order valence-corrected chi connectivity index (χ4v) is 0.976. The van der Waals surface area contributed by atoms with Crippen LogP contribution in [0, 0.1) is 0 Å². The largest absolute Gasteiger partial charge is 0.475 e. The fraction of sp³-hybridized carbons (Fsp3) is 0.400. The van der Waals surface area contributed by atoms with Crippen molar-refractivity contribution in [1.29, 1.82) is 0 Å². The molecule has 15 heavy (non-hydrogen) atoms. The summed E-state index contributed by atoms with van der Waals surface area (Å²) in [5.41, 5.74) is 0. The molecular weight excluding hydrogens is 198 g/mol. The lowest BCUT2D eigenvalue weighted by Gasteiger charge is -2.19. The van der Waals surface area contributed by atoms with Gasteiger partial charge in [0.15, 0.2) is 5.76 Å². The van der Waals surface area contributed by atoms with Crippen molar-refractivity contribution >= 4 is 11.9 Å². The fourth-order valence-electron chi connectivity index (χ4n) is 0.976. The van der Waals surface area contributed by atoms with Crippen LogP contribution in [0.5, 0.6) is 0 Å². The topological polar surface area (TPSA) is 70.8 Å². The molecule has 0 unspecified atom stereocenters. The molecule has 5 heteroatoms. The summed E-state index contributed by atoms with van der Waals surface area (Å²) in [7, 11) is 1.63. The summed E-state index contributed by atoms with van der Waals surface area (Å²) in [6.07, 6.45) is 0. The van der Waals surface area contributed by atoms with Crippen molar-refractivity contribution in [3.63, 3.8) is 0 Å². The van der Waals surface area contributed by atoms with Crippen LogP contribution >= 0.6 is 0 Å². The Balaban J connectivity index is 2.88. The van der Waals surface area contributed by atoms with Crippen molar-refractivity contribution in [3.05, 3.63) is 23.7 Å². The predicted octanol–water partition coefficient (Wildman–Crippen LogP) is 1.46. The molecule has 0 atom stereocenters. The van der Waals surface area contributed by atoms with E-state index in [0.29, 0.717) is 0 Å². The zero-order valence-electron chi connectivity index (χ0n) is 8.85. The number of hydrogen-bond acceptors (Lipinski definition) is 3. The van der Waals surface area contributed by atoms with Gasteiger partial charge in [-0.3, -0.25) is 4.79 Å². The molecule has 0 aliphatic carbocycles. The second kappa shape index (κ2) is 4.16. The molecule has 0 spiro atoms. The highest BCUT2D eigenvalue weighted by Crippen LogP contribution is 2.11. The molecule has 5 nitrogen and oxygen atoms in total. The lowest BCUT2D eigenvalue weighted by Crippen LogP contribution is -2.32. The number of nitrogens with zero attached hydrogens (tertiary/aromatic N) is 1. The smallest absolute Gasteiger partial charge is 0.371 e.